The molecule has 0 N–H and O–H groups in total. The van der Waals surface area contributed by atoms with Gasteiger partial charge in [-0.05, 0) is 77.3 Å². The molecule has 3 rings (SSSR count). The van der Waals surface area contributed by atoms with Crippen LogP contribution in [0.1, 0.15) is 60.5 Å². The van der Waals surface area contributed by atoms with Crippen molar-refractivity contribution in [2.75, 3.05) is 20.3 Å². The molecular weight excluding hydrogens is 445 g/mol. The fourth-order valence-corrected chi connectivity index (χ4v) is 4.07. The molecule has 8 heteroatoms. The molecule has 1 aromatic carbocycles. The van der Waals surface area contributed by atoms with Crippen LogP contribution in [0.3, 0.4) is 0 Å². The summed E-state index contributed by atoms with van der Waals surface area (Å²) in [5.74, 6) is 1.00. The van der Waals surface area contributed by atoms with Gasteiger partial charge in [0.2, 0.25) is 0 Å². The van der Waals surface area contributed by atoms with Crippen molar-refractivity contribution in [3.63, 3.8) is 0 Å². The van der Waals surface area contributed by atoms with Crippen LogP contribution in [0.15, 0.2) is 36.7 Å². The average Bonchev–Trinajstić information content (AvgIpc) is 3.02. The number of methoxy groups -OCH3 is 1. The van der Waals surface area contributed by atoms with Gasteiger partial charge in [0, 0.05) is 24.3 Å². The predicted molar refractivity (Wildman–Crippen MR) is 137 cm³/mol. The van der Waals surface area contributed by atoms with Crippen LogP contribution < -0.4 is 9.47 Å². The number of hydrogen-bond donors (Lipinski definition) is 0. The van der Waals surface area contributed by atoms with Crippen LogP contribution >= 0.6 is 0 Å². The van der Waals surface area contributed by atoms with Crippen LogP contribution in [0, 0.1) is 0 Å². The van der Waals surface area contributed by atoms with Crippen molar-refractivity contribution in [3.8, 4) is 22.6 Å². The second-order valence-electron chi connectivity index (χ2n) is 10.1. The molecular formula is C27H38BNO6. The summed E-state index contributed by atoms with van der Waals surface area (Å²) in [5, 5.41) is 0. The maximum absolute atomic E-state index is 13.3. The first-order valence-corrected chi connectivity index (χ1v) is 12.3. The van der Waals surface area contributed by atoms with Gasteiger partial charge in [-0.15, -0.1) is 0 Å². The molecule has 1 fully saturated rings. The van der Waals surface area contributed by atoms with Crippen LogP contribution in [0.2, 0.25) is 6.32 Å². The molecule has 2 heterocycles. The average molecular weight is 483 g/mol. The molecule has 2 aromatic rings. The van der Waals surface area contributed by atoms with E-state index >= 15 is 0 Å². The molecule has 0 radical (unpaired) electrons. The normalized spacial score (nSPS) is 18.1. The maximum Gasteiger partial charge on any atom is 0.459 e. The third-order valence-corrected chi connectivity index (χ3v) is 6.94. The molecule has 190 valence electrons. The van der Waals surface area contributed by atoms with Crippen molar-refractivity contribution in [3.05, 3.63) is 42.2 Å². The highest BCUT2D eigenvalue weighted by Crippen LogP contribution is 2.42. The van der Waals surface area contributed by atoms with Crippen LogP contribution in [-0.4, -0.2) is 49.6 Å². The molecule has 0 bridgehead atoms. The van der Waals surface area contributed by atoms with Crippen LogP contribution in [0.5, 0.6) is 11.5 Å². The van der Waals surface area contributed by atoms with E-state index in [9.17, 15) is 4.79 Å². The van der Waals surface area contributed by atoms with E-state index in [1.54, 1.807) is 26.4 Å². The molecule has 0 spiro atoms. The number of rotatable bonds is 10. The quantitative estimate of drug-likeness (QED) is 0.328. The Kier molecular flexibility index (Phi) is 8.17. The number of ether oxygens (including phenoxy) is 3. The number of nitrogens with zero attached hydrogens (tertiary/aromatic N) is 1. The van der Waals surface area contributed by atoms with E-state index in [-0.39, 0.29) is 12.6 Å². The highest BCUT2D eigenvalue weighted by molar-refractivity contribution is 6.46. The molecule has 0 aliphatic carbocycles. The van der Waals surface area contributed by atoms with Crippen molar-refractivity contribution in [1.29, 1.82) is 0 Å². The zero-order valence-electron chi connectivity index (χ0n) is 22.3. The first kappa shape index (κ1) is 27.0. The van der Waals surface area contributed by atoms with Crippen molar-refractivity contribution in [2.45, 2.75) is 77.8 Å². The highest BCUT2D eigenvalue weighted by Gasteiger charge is 2.54. The Balaban J connectivity index is 1.98. The Morgan fingerprint density at radius 1 is 1.03 bits per heavy atom. The van der Waals surface area contributed by atoms with Gasteiger partial charge in [-0.25, -0.2) is 0 Å². The highest BCUT2D eigenvalue weighted by atomic mass is 16.7. The molecule has 0 saturated carbocycles. The van der Waals surface area contributed by atoms with Gasteiger partial charge in [0.25, 0.3) is 0 Å². The molecule has 0 amide bonds. The zero-order chi connectivity index (χ0) is 25.9. The molecule has 1 aromatic heterocycles. The molecule has 7 nitrogen and oxygen atoms in total. The summed E-state index contributed by atoms with van der Waals surface area (Å²) < 4.78 is 29.3. The van der Waals surface area contributed by atoms with E-state index in [4.69, 9.17) is 23.5 Å². The minimum atomic E-state index is -1.02. The first-order valence-electron chi connectivity index (χ1n) is 12.3. The third kappa shape index (κ3) is 5.65. The maximum atomic E-state index is 13.3. The predicted octanol–water partition coefficient (Wildman–Crippen LogP) is 5.46. The lowest BCUT2D eigenvalue weighted by Crippen LogP contribution is -2.41. The molecule has 1 aliphatic rings. The second-order valence-corrected chi connectivity index (χ2v) is 10.1. The number of carbonyl (C=O) groups excluding carboxylic acids is 1. The van der Waals surface area contributed by atoms with Crippen LogP contribution in [0.4, 0.5) is 0 Å². The van der Waals surface area contributed by atoms with Crippen molar-refractivity contribution in [2.24, 2.45) is 0 Å². The SMILES string of the molecule is CCCOc1cc(-c2cncc(C(C)(CB3OC(C)(C)C(C)(C)O3)C(=O)OCC)c2)ccc1OC. The van der Waals surface area contributed by atoms with Gasteiger partial charge >= 0.3 is 13.1 Å². The van der Waals surface area contributed by atoms with Crippen molar-refractivity contribution >= 4 is 13.1 Å². The summed E-state index contributed by atoms with van der Waals surface area (Å²) in [6.07, 6.45) is 4.68. The summed E-state index contributed by atoms with van der Waals surface area (Å²) in [6.45, 7) is 14.6. The summed E-state index contributed by atoms with van der Waals surface area (Å²) in [6, 6.07) is 7.74. The Morgan fingerprint density at radius 3 is 2.31 bits per heavy atom. The standard InChI is InChI=1S/C27H38BNO6/c1-9-13-33-23-15-19(11-12-22(23)31-8)20-14-21(17-29-16-20)27(7,24(30)32-10-2)18-28-34-25(3,4)26(5,6)35-28/h11-12,14-17H,9-10,13,18H2,1-8H3. The van der Waals surface area contributed by atoms with E-state index < -0.39 is 23.7 Å². The van der Waals surface area contributed by atoms with Gasteiger partial charge in [-0.3, -0.25) is 9.78 Å². The fraction of sp³-hybridized carbons (Fsp3) is 0.556. The Bertz CT molecular complexity index is 1020. The van der Waals surface area contributed by atoms with Crippen molar-refractivity contribution < 1.29 is 28.3 Å². The Morgan fingerprint density at radius 2 is 1.71 bits per heavy atom. The Labute approximate surface area is 209 Å². The van der Waals surface area contributed by atoms with Gasteiger partial charge in [-0.2, -0.15) is 0 Å². The summed E-state index contributed by atoms with van der Waals surface area (Å²) >= 11 is 0. The molecule has 1 saturated heterocycles. The topological polar surface area (TPSA) is 76.1 Å². The minimum Gasteiger partial charge on any atom is -0.493 e. The van der Waals surface area contributed by atoms with Gasteiger partial charge in [0.05, 0.1) is 36.9 Å². The largest absolute Gasteiger partial charge is 0.493 e. The summed E-state index contributed by atoms with van der Waals surface area (Å²) in [4.78, 5) is 17.8. The lowest BCUT2D eigenvalue weighted by Gasteiger charge is -2.32. The Hall–Kier alpha value is -2.58. The molecule has 1 unspecified atom stereocenters. The van der Waals surface area contributed by atoms with E-state index in [1.807, 2.05) is 58.9 Å². The summed E-state index contributed by atoms with van der Waals surface area (Å²) in [7, 11) is 1.06. The zero-order valence-corrected chi connectivity index (χ0v) is 22.3. The van der Waals surface area contributed by atoms with E-state index in [0.717, 1.165) is 23.1 Å². The van der Waals surface area contributed by atoms with Gasteiger partial charge in [0.15, 0.2) is 11.5 Å². The van der Waals surface area contributed by atoms with Crippen LogP contribution in [0.25, 0.3) is 11.1 Å². The second kappa shape index (κ2) is 10.6. The van der Waals surface area contributed by atoms with Gasteiger partial charge < -0.3 is 23.5 Å². The van der Waals surface area contributed by atoms with Crippen molar-refractivity contribution in [1.82, 2.24) is 4.98 Å². The molecule has 1 atom stereocenters. The lowest BCUT2D eigenvalue weighted by atomic mass is 9.65. The number of aromatic nitrogens is 1. The monoisotopic (exact) mass is 483 g/mol. The molecule has 1 aliphatic heterocycles. The first-order chi connectivity index (χ1) is 16.5. The fourth-order valence-electron chi connectivity index (χ4n) is 4.07. The number of carbonyl (C=O) groups is 1. The number of esters is 1. The number of benzene rings is 1. The van der Waals surface area contributed by atoms with E-state index in [1.165, 1.54) is 0 Å². The molecule has 35 heavy (non-hydrogen) atoms. The number of pyridine rings is 1. The van der Waals surface area contributed by atoms with Gasteiger partial charge in [0.1, 0.15) is 0 Å². The third-order valence-electron chi connectivity index (χ3n) is 6.94. The smallest absolute Gasteiger partial charge is 0.459 e. The minimum absolute atomic E-state index is 0.279. The van der Waals surface area contributed by atoms with Crippen LogP contribution in [-0.2, 0) is 24.3 Å². The lowest BCUT2D eigenvalue weighted by molar-refractivity contribution is -0.149. The number of hydrogen-bond acceptors (Lipinski definition) is 7. The summed E-state index contributed by atoms with van der Waals surface area (Å²) in [5.41, 5.74) is 0.490. The van der Waals surface area contributed by atoms with Gasteiger partial charge in [-0.1, -0.05) is 13.0 Å². The van der Waals surface area contributed by atoms with E-state index in [2.05, 4.69) is 11.9 Å². The van der Waals surface area contributed by atoms with E-state index in [0.29, 0.717) is 24.4 Å².